The van der Waals surface area contributed by atoms with Gasteiger partial charge >= 0.3 is 0 Å². The van der Waals surface area contributed by atoms with Gasteiger partial charge in [-0.05, 0) is 67.1 Å². The molecule has 1 aliphatic rings. The molecule has 2 amide bonds. The van der Waals surface area contributed by atoms with Crippen LogP contribution in [0.3, 0.4) is 0 Å². The lowest BCUT2D eigenvalue weighted by atomic mass is 10.1. The van der Waals surface area contributed by atoms with E-state index < -0.39 is 15.9 Å². The van der Waals surface area contributed by atoms with Crippen LogP contribution in [0.5, 0.6) is 5.75 Å². The number of sulfonamides is 1. The molecule has 0 saturated carbocycles. The molecule has 0 aliphatic carbocycles. The summed E-state index contributed by atoms with van der Waals surface area (Å²) in [5, 5.41) is 0. The van der Waals surface area contributed by atoms with Crippen molar-refractivity contribution in [3.63, 3.8) is 0 Å². The highest BCUT2D eigenvalue weighted by atomic mass is 32.2. The van der Waals surface area contributed by atoms with E-state index in [1.165, 1.54) is 0 Å². The number of pyridine rings is 1. The number of hydrogen-bond acceptors (Lipinski definition) is 7. The lowest BCUT2D eigenvalue weighted by molar-refractivity contribution is 0.0746. The Bertz CT molecular complexity index is 1770. The van der Waals surface area contributed by atoms with E-state index in [0.29, 0.717) is 49.5 Å². The molecule has 1 N–H and O–H groups in total. The Morgan fingerprint density at radius 2 is 1.52 bits per heavy atom. The van der Waals surface area contributed by atoms with Crippen molar-refractivity contribution < 1.29 is 22.7 Å². The van der Waals surface area contributed by atoms with Gasteiger partial charge in [0.2, 0.25) is 10.0 Å². The zero-order valence-electron chi connectivity index (χ0n) is 24.3. The van der Waals surface area contributed by atoms with Crippen molar-refractivity contribution in [3.05, 3.63) is 125 Å². The summed E-state index contributed by atoms with van der Waals surface area (Å²) in [6.45, 7) is 4.78. The predicted octanol–water partition coefficient (Wildman–Crippen LogP) is 4.10. The summed E-state index contributed by atoms with van der Waals surface area (Å²) in [4.78, 5) is 34.0. The molecule has 2 heterocycles. The first kappa shape index (κ1) is 30.3. The van der Waals surface area contributed by atoms with Gasteiger partial charge in [0, 0.05) is 61.0 Å². The Morgan fingerprint density at radius 3 is 2.20 bits per heavy atom. The first-order chi connectivity index (χ1) is 21.3. The molecule has 3 aromatic carbocycles. The normalized spacial score (nSPS) is 13.0. The molecule has 0 bridgehead atoms. The number of anilines is 1. The molecule has 1 aromatic heterocycles. The summed E-state index contributed by atoms with van der Waals surface area (Å²) < 4.78 is 32.5. The van der Waals surface area contributed by atoms with Crippen molar-refractivity contribution >= 4 is 27.5 Å². The van der Waals surface area contributed by atoms with E-state index in [4.69, 9.17) is 4.74 Å². The molecule has 4 aromatic rings. The van der Waals surface area contributed by atoms with Gasteiger partial charge in [-0.25, -0.2) is 13.1 Å². The van der Waals surface area contributed by atoms with Gasteiger partial charge in [-0.15, -0.1) is 0 Å². The van der Waals surface area contributed by atoms with E-state index in [9.17, 15) is 18.0 Å². The van der Waals surface area contributed by atoms with Gasteiger partial charge in [-0.3, -0.25) is 14.6 Å². The molecule has 9 nitrogen and oxygen atoms in total. The average molecular weight is 609 g/mol. The van der Waals surface area contributed by atoms with Gasteiger partial charge in [-0.1, -0.05) is 42.2 Å². The third-order valence-electron chi connectivity index (χ3n) is 7.01. The SMILES string of the molecule is CCOc1ccc(C#Cc2cncc(C(=O)N3CCN(c4ccc(C(=O)NS(=O)(=O)Cc5ccccc5)cc4)CC3)c2)cc1. The number of carbonyl (C=O) groups excluding carboxylic acids is 2. The number of nitrogens with zero attached hydrogens (tertiary/aromatic N) is 3. The molecule has 10 heteroatoms. The van der Waals surface area contributed by atoms with Crippen molar-refractivity contribution in [2.45, 2.75) is 12.7 Å². The van der Waals surface area contributed by atoms with E-state index >= 15 is 0 Å². The van der Waals surface area contributed by atoms with Gasteiger partial charge in [0.1, 0.15) is 5.75 Å². The maximum atomic E-state index is 13.2. The number of hydrogen-bond donors (Lipinski definition) is 1. The third-order valence-corrected chi connectivity index (χ3v) is 8.22. The van der Waals surface area contributed by atoms with Crippen LogP contribution in [-0.2, 0) is 15.8 Å². The highest BCUT2D eigenvalue weighted by Gasteiger charge is 2.23. The Morgan fingerprint density at radius 1 is 0.841 bits per heavy atom. The first-order valence-electron chi connectivity index (χ1n) is 14.2. The zero-order valence-corrected chi connectivity index (χ0v) is 25.1. The summed E-state index contributed by atoms with van der Waals surface area (Å²) in [6, 6.07) is 24.7. The van der Waals surface area contributed by atoms with Gasteiger partial charge in [0.25, 0.3) is 11.8 Å². The van der Waals surface area contributed by atoms with E-state index in [1.807, 2.05) is 31.2 Å². The molecule has 5 rings (SSSR count). The van der Waals surface area contributed by atoms with Crippen molar-refractivity contribution in [2.75, 3.05) is 37.7 Å². The number of benzene rings is 3. The van der Waals surface area contributed by atoms with Crippen molar-refractivity contribution in [2.24, 2.45) is 0 Å². The third kappa shape index (κ3) is 8.02. The number of piperazine rings is 1. The number of amides is 2. The van der Waals surface area contributed by atoms with Crippen LogP contribution >= 0.6 is 0 Å². The molecule has 0 unspecified atom stereocenters. The molecular weight excluding hydrogens is 576 g/mol. The van der Waals surface area contributed by atoms with E-state index in [2.05, 4.69) is 26.4 Å². The highest BCUT2D eigenvalue weighted by molar-refractivity contribution is 7.89. The lowest BCUT2D eigenvalue weighted by Gasteiger charge is -2.36. The fourth-order valence-electron chi connectivity index (χ4n) is 4.77. The van der Waals surface area contributed by atoms with Crippen LogP contribution in [0.1, 0.15) is 44.3 Å². The summed E-state index contributed by atoms with van der Waals surface area (Å²) >= 11 is 0. The van der Waals surface area contributed by atoms with Gasteiger partial charge in [0.15, 0.2) is 0 Å². The smallest absolute Gasteiger partial charge is 0.264 e. The van der Waals surface area contributed by atoms with Crippen molar-refractivity contribution in [1.82, 2.24) is 14.6 Å². The number of nitrogens with one attached hydrogen (secondary N) is 1. The monoisotopic (exact) mass is 608 g/mol. The lowest BCUT2D eigenvalue weighted by Crippen LogP contribution is -2.48. The van der Waals surface area contributed by atoms with Crippen LogP contribution in [0.15, 0.2) is 97.3 Å². The minimum Gasteiger partial charge on any atom is -0.494 e. The van der Waals surface area contributed by atoms with Gasteiger partial charge in [0.05, 0.1) is 17.9 Å². The molecule has 1 fully saturated rings. The van der Waals surface area contributed by atoms with Gasteiger partial charge in [-0.2, -0.15) is 0 Å². The topological polar surface area (TPSA) is 109 Å². The second-order valence-corrected chi connectivity index (χ2v) is 11.9. The maximum absolute atomic E-state index is 13.2. The highest BCUT2D eigenvalue weighted by Crippen LogP contribution is 2.19. The van der Waals surface area contributed by atoms with E-state index in [1.54, 1.807) is 78.0 Å². The molecule has 0 spiro atoms. The molecule has 224 valence electrons. The Kier molecular flexibility index (Phi) is 9.57. The molecule has 1 saturated heterocycles. The summed E-state index contributed by atoms with van der Waals surface area (Å²) in [5.74, 6) is 5.91. The predicted molar refractivity (Wildman–Crippen MR) is 169 cm³/mol. The minimum absolute atomic E-state index is 0.106. The molecule has 44 heavy (non-hydrogen) atoms. The molecular formula is C34H32N4O5S. The second-order valence-electron chi connectivity index (χ2n) is 10.2. The van der Waals surface area contributed by atoms with E-state index in [-0.39, 0.29) is 17.2 Å². The van der Waals surface area contributed by atoms with Crippen LogP contribution in [-0.4, -0.2) is 62.9 Å². The summed E-state index contributed by atoms with van der Waals surface area (Å²) in [5.41, 5.74) is 3.70. The Hall–Kier alpha value is -5.14. The van der Waals surface area contributed by atoms with Crippen LogP contribution in [0.2, 0.25) is 0 Å². The van der Waals surface area contributed by atoms with E-state index in [0.717, 1.165) is 17.0 Å². The second kappa shape index (κ2) is 13.9. The fourth-order valence-corrected chi connectivity index (χ4v) is 5.88. The Balaban J connectivity index is 1.14. The van der Waals surface area contributed by atoms with Crippen LogP contribution in [0.4, 0.5) is 5.69 Å². The summed E-state index contributed by atoms with van der Waals surface area (Å²) in [7, 11) is -3.84. The fraction of sp³-hybridized carbons (Fsp3) is 0.206. The van der Waals surface area contributed by atoms with Crippen LogP contribution in [0, 0.1) is 11.8 Å². The average Bonchev–Trinajstić information content (AvgIpc) is 3.04. The zero-order chi connectivity index (χ0) is 30.9. The Labute approximate surface area is 257 Å². The number of ether oxygens (including phenoxy) is 1. The molecule has 0 radical (unpaired) electrons. The largest absolute Gasteiger partial charge is 0.494 e. The first-order valence-corrected chi connectivity index (χ1v) is 15.9. The molecule has 1 aliphatic heterocycles. The maximum Gasteiger partial charge on any atom is 0.264 e. The van der Waals surface area contributed by atoms with Gasteiger partial charge < -0.3 is 14.5 Å². The van der Waals surface area contributed by atoms with Crippen LogP contribution in [0.25, 0.3) is 0 Å². The quantitative estimate of drug-likeness (QED) is 0.300. The van der Waals surface area contributed by atoms with Crippen LogP contribution < -0.4 is 14.4 Å². The summed E-state index contributed by atoms with van der Waals surface area (Å²) in [6.07, 6.45) is 3.19. The minimum atomic E-state index is -3.84. The standard InChI is InChI=1S/C34H32N4O5S/c1-2-43-32-16-10-26(11-17-32)8-9-28-22-30(24-35-23-28)34(40)38-20-18-37(19-21-38)31-14-12-29(13-15-31)33(39)36-44(41,42)25-27-6-4-3-5-7-27/h3-7,10-17,22-24H,2,18-21,25H2,1H3,(H,36,39). The number of aromatic nitrogens is 1. The molecule has 0 atom stereocenters. The number of carbonyl (C=O) groups is 2. The number of rotatable bonds is 8. The van der Waals surface area contributed by atoms with Crippen molar-refractivity contribution in [1.29, 1.82) is 0 Å². The van der Waals surface area contributed by atoms with Crippen molar-refractivity contribution in [3.8, 4) is 17.6 Å².